The van der Waals surface area contributed by atoms with Crippen LogP contribution in [0.2, 0.25) is 0 Å². The summed E-state index contributed by atoms with van der Waals surface area (Å²) in [6, 6.07) is 6.82. The maximum atomic E-state index is 14.1. The van der Waals surface area contributed by atoms with E-state index in [1.54, 1.807) is 12.1 Å². The average Bonchev–Trinajstić information content (AvgIpc) is 2.45. The summed E-state index contributed by atoms with van der Waals surface area (Å²) in [6.07, 6.45) is 1.74. The molecule has 1 nitrogen and oxygen atoms in total. The van der Waals surface area contributed by atoms with Gasteiger partial charge in [0.2, 0.25) is 0 Å². The fourth-order valence-electron chi connectivity index (χ4n) is 2.50. The van der Waals surface area contributed by atoms with Gasteiger partial charge in [0.1, 0.15) is 17.5 Å². The number of fused-ring (bicyclic) bond motifs is 1. The van der Waals surface area contributed by atoms with Crippen LogP contribution < -0.4 is 0 Å². The van der Waals surface area contributed by atoms with Crippen molar-refractivity contribution in [3.63, 3.8) is 0 Å². The fraction of sp³-hybridized carbons (Fsp3) is 0.118. The monoisotopic (exact) mass is 365 g/mol. The van der Waals surface area contributed by atoms with Gasteiger partial charge in [0.25, 0.3) is 0 Å². The van der Waals surface area contributed by atoms with E-state index < -0.39 is 11.6 Å². The number of pyridine rings is 1. The molecule has 1 heterocycles. The number of nitrogens with zero attached hydrogens (tertiary/aromatic N) is 1. The molecule has 22 heavy (non-hydrogen) atoms. The average molecular weight is 366 g/mol. The minimum absolute atomic E-state index is 0.286. The van der Waals surface area contributed by atoms with Crippen LogP contribution in [0.15, 0.2) is 41.0 Å². The number of halogens is 4. The lowest BCUT2D eigenvalue weighted by Crippen LogP contribution is -1.99. The van der Waals surface area contributed by atoms with Crippen LogP contribution in [0.1, 0.15) is 16.8 Å². The van der Waals surface area contributed by atoms with E-state index in [4.69, 9.17) is 0 Å². The van der Waals surface area contributed by atoms with Gasteiger partial charge in [-0.05, 0) is 57.6 Å². The van der Waals surface area contributed by atoms with Crippen LogP contribution in [0.3, 0.4) is 0 Å². The van der Waals surface area contributed by atoms with Gasteiger partial charge in [-0.3, -0.25) is 4.98 Å². The number of aryl methyl sites for hydroxylation is 1. The van der Waals surface area contributed by atoms with Crippen LogP contribution in [-0.4, -0.2) is 4.98 Å². The van der Waals surface area contributed by atoms with Crippen molar-refractivity contribution in [3.8, 4) is 0 Å². The Morgan fingerprint density at radius 2 is 1.68 bits per heavy atom. The molecule has 3 aromatic rings. The first-order valence-corrected chi connectivity index (χ1v) is 7.42. The standard InChI is InChI=1S/C17H11BrF3N/c1-9-13-2-3-15(18)17(21)14(13)8-22-16(9)6-10-4-11(19)7-12(20)5-10/h2-5,7-8H,6H2,1H3. The molecule has 0 aliphatic heterocycles. The molecule has 3 rings (SSSR count). The van der Waals surface area contributed by atoms with Gasteiger partial charge in [-0.2, -0.15) is 0 Å². The summed E-state index contributed by atoms with van der Waals surface area (Å²) in [5.74, 6) is -1.61. The van der Waals surface area contributed by atoms with E-state index in [9.17, 15) is 13.2 Å². The molecule has 0 aliphatic carbocycles. The van der Waals surface area contributed by atoms with E-state index in [2.05, 4.69) is 20.9 Å². The summed E-state index contributed by atoms with van der Waals surface area (Å²) in [5.41, 5.74) is 1.96. The van der Waals surface area contributed by atoms with Crippen LogP contribution in [0.5, 0.6) is 0 Å². The summed E-state index contributed by atoms with van der Waals surface area (Å²) in [6.45, 7) is 1.83. The lowest BCUT2D eigenvalue weighted by atomic mass is 10.0. The van der Waals surface area contributed by atoms with Crippen molar-refractivity contribution < 1.29 is 13.2 Å². The molecule has 0 atom stereocenters. The SMILES string of the molecule is Cc1c(Cc2cc(F)cc(F)c2)ncc2c(F)c(Br)ccc12. The zero-order valence-electron chi connectivity index (χ0n) is 11.6. The largest absolute Gasteiger partial charge is 0.260 e. The minimum atomic E-state index is -0.622. The third-order valence-electron chi connectivity index (χ3n) is 3.61. The Balaban J connectivity index is 2.08. The Bertz CT molecular complexity index is 857. The molecule has 0 saturated carbocycles. The minimum Gasteiger partial charge on any atom is -0.260 e. The lowest BCUT2D eigenvalue weighted by molar-refractivity contribution is 0.580. The molecule has 0 aliphatic rings. The lowest BCUT2D eigenvalue weighted by Gasteiger charge is -2.10. The predicted octanol–water partition coefficient (Wildman–Crippen LogP) is 5.31. The van der Waals surface area contributed by atoms with E-state index >= 15 is 0 Å². The van der Waals surface area contributed by atoms with Crippen LogP contribution >= 0.6 is 15.9 Å². The number of hydrogen-bond acceptors (Lipinski definition) is 1. The highest BCUT2D eigenvalue weighted by atomic mass is 79.9. The van der Waals surface area contributed by atoms with Gasteiger partial charge in [0.05, 0.1) is 4.47 Å². The highest BCUT2D eigenvalue weighted by Crippen LogP contribution is 2.28. The maximum Gasteiger partial charge on any atom is 0.146 e. The second-order valence-electron chi connectivity index (χ2n) is 5.11. The zero-order chi connectivity index (χ0) is 15.9. The first kappa shape index (κ1) is 15.0. The van der Waals surface area contributed by atoms with Gasteiger partial charge >= 0.3 is 0 Å². The van der Waals surface area contributed by atoms with Gasteiger partial charge in [0, 0.05) is 29.8 Å². The first-order valence-electron chi connectivity index (χ1n) is 6.63. The van der Waals surface area contributed by atoms with Crippen molar-refractivity contribution in [1.29, 1.82) is 0 Å². The summed E-state index contributed by atoms with van der Waals surface area (Å²) in [7, 11) is 0. The van der Waals surface area contributed by atoms with Crippen molar-refractivity contribution in [1.82, 2.24) is 4.98 Å². The fourth-order valence-corrected chi connectivity index (χ4v) is 2.84. The van der Waals surface area contributed by atoms with Gasteiger partial charge in [0.15, 0.2) is 0 Å². The third kappa shape index (κ3) is 2.73. The number of benzene rings is 2. The second-order valence-corrected chi connectivity index (χ2v) is 5.96. The Morgan fingerprint density at radius 3 is 2.36 bits per heavy atom. The third-order valence-corrected chi connectivity index (χ3v) is 4.23. The van der Waals surface area contributed by atoms with Crippen LogP contribution in [0, 0.1) is 24.4 Å². The van der Waals surface area contributed by atoms with E-state index in [0.717, 1.165) is 17.0 Å². The molecule has 0 radical (unpaired) electrons. The molecule has 0 N–H and O–H groups in total. The second kappa shape index (κ2) is 5.72. The Hall–Kier alpha value is -1.88. The molecule has 0 saturated heterocycles. The molecular weight excluding hydrogens is 355 g/mol. The number of hydrogen-bond donors (Lipinski definition) is 0. The van der Waals surface area contributed by atoms with Crippen molar-refractivity contribution in [3.05, 3.63) is 75.3 Å². The van der Waals surface area contributed by atoms with E-state index in [1.165, 1.54) is 18.3 Å². The number of rotatable bonds is 2. The topological polar surface area (TPSA) is 12.9 Å². The summed E-state index contributed by atoms with van der Waals surface area (Å²) in [4.78, 5) is 4.26. The molecule has 0 unspecified atom stereocenters. The van der Waals surface area contributed by atoms with Crippen molar-refractivity contribution in [2.75, 3.05) is 0 Å². The quantitative estimate of drug-likeness (QED) is 0.599. The van der Waals surface area contributed by atoms with Gasteiger partial charge < -0.3 is 0 Å². The Kier molecular flexibility index (Phi) is 3.91. The molecule has 0 bridgehead atoms. The summed E-state index contributed by atoms with van der Waals surface area (Å²) in [5, 5.41) is 1.16. The molecule has 0 spiro atoms. The summed E-state index contributed by atoms with van der Waals surface area (Å²) >= 11 is 3.14. The Morgan fingerprint density at radius 1 is 1.00 bits per heavy atom. The van der Waals surface area contributed by atoms with Gasteiger partial charge in [-0.15, -0.1) is 0 Å². The van der Waals surface area contributed by atoms with Crippen LogP contribution in [0.25, 0.3) is 10.8 Å². The molecule has 2 aromatic carbocycles. The van der Waals surface area contributed by atoms with E-state index in [-0.39, 0.29) is 12.2 Å². The normalized spacial score (nSPS) is 11.1. The smallest absolute Gasteiger partial charge is 0.146 e. The number of aromatic nitrogens is 1. The highest BCUT2D eigenvalue weighted by molar-refractivity contribution is 9.10. The predicted molar refractivity (Wildman–Crippen MR) is 83.3 cm³/mol. The van der Waals surface area contributed by atoms with E-state index in [1.807, 2.05) is 6.92 Å². The molecule has 0 amide bonds. The van der Waals surface area contributed by atoms with Crippen molar-refractivity contribution >= 4 is 26.7 Å². The van der Waals surface area contributed by atoms with Crippen molar-refractivity contribution in [2.24, 2.45) is 0 Å². The summed E-state index contributed by atoms with van der Waals surface area (Å²) < 4.78 is 41.0. The molecule has 112 valence electrons. The maximum absolute atomic E-state index is 14.1. The van der Waals surface area contributed by atoms with Crippen molar-refractivity contribution in [2.45, 2.75) is 13.3 Å². The zero-order valence-corrected chi connectivity index (χ0v) is 13.2. The molecule has 1 aromatic heterocycles. The van der Waals surface area contributed by atoms with Gasteiger partial charge in [-0.25, -0.2) is 13.2 Å². The van der Waals surface area contributed by atoms with Crippen LogP contribution in [-0.2, 0) is 6.42 Å². The highest BCUT2D eigenvalue weighted by Gasteiger charge is 2.12. The first-order chi connectivity index (χ1) is 10.5. The van der Waals surface area contributed by atoms with Crippen LogP contribution in [0.4, 0.5) is 13.2 Å². The van der Waals surface area contributed by atoms with Gasteiger partial charge in [-0.1, -0.05) is 6.07 Å². The molecule has 5 heteroatoms. The molecular formula is C17H11BrF3N. The Labute approximate surface area is 133 Å². The van der Waals surface area contributed by atoms with E-state index in [0.29, 0.717) is 21.1 Å². The molecule has 0 fully saturated rings.